The molecule has 3 nitrogen and oxygen atoms in total. The first-order valence-corrected chi connectivity index (χ1v) is 8.34. The molecule has 0 fully saturated rings. The number of ether oxygens (including phenoxy) is 1. The minimum atomic E-state index is -0.466. The van der Waals surface area contributed by atoms with Gasteiger partial charge in [-0.15, -0.1) is 0 Å². The molecule has 0 aliphatic heterocycles. The van der Waals surface area contributed by atoms with Crippen LogP contribution in [0.25, 0.3) is 11.1 Å². The van der Waals surface area contributed by atoms with Gasteiger partial charge in [0, 0.05) is 10.2 Å². The second kappa shape index (κ2) is 7.79. The number of benzene rings is 3. The Balaban J connectivity index is 1.64. The predicted octanol–water partition coefficient (Wildman–Crippen LogP) is 5.86. The highest BCUT2D eigenvalue weighted by Crippen LogP contribution is 2.24. The summed E-state index contributed by atoms with van der Waals surface area (Å²) in [6.07, 6.45) is -0.466. The lowest BCUT2D eigenvalue weighted by molar-refractivity contribution is 0.155. The Morgan fingerprint density at radius 1 is 0.875 bits per heavy atom. The topological polar surface area (TPSA) is 38.3 Å². The molecule has 24 heavy (non-hydrogen) atoms. The molecule has 0 aliphatic rings. The Kier molecular flexibility index (Phi) is 5.29. The van der Waals surface area contributed by atoms with E-state index in [9.17, 15) is 4.79 Å². The summed E-state index contributed by atoms with van der Waals surface area (Å²) in [5.41, 5.74) is 3.77. The molecule has 0 atom stereocenters. The van der Waals surface area contributed by atoms with Crippen LogP contribution in [0.4, 0.5) is 10.5 Å². The van der Waals surface area contributed by atoms with E-state index >= 15 is 0 Å². The number of rotatable bonds is 4. The van der Waals surface area contributed by atoms with Crippen molar-refractivity contribution in [3.8, 4) is 11.1 Å². The summed E-state index contributed by atoms with van der Waals surface area (Å²) in [5, 5.41) is 2.76. The van der Waals surface area contributed by atoms with E-state index in [2.05, 4.69) is 21.2 Å². The van der Waals surface area contributed by atoms with Gasteiger partial charge in [0.15, 0.2) is 0 Å². The maximum absolute atomic E-state index is 11.9. The standard InChI is InChI=1S/C20H16BrNO2/c21-18-11-9-16(10-12-18)17-7-4-8-19(13-17)22-20(23)24-14-15-5-2-1-3-6-15/h1-13H,14H2,(H,22,23). The Hall–Kier alpha value is -2.59. The van der Waals surface area contributed by atoms with Gasteiger partial charge in [0.1, 0.15) is 6.61 Å². The van der Waals surface area contributed by atoms with Gasteiger partial charge in [0.25, 0.3) is 0 Å². The summed E-state index contributed by atoms with van der Waals surface area (Å²) in [4.78, 5) is 11.9. The maximum atomic E-state index is 11.9. The van der Waals surface area contributed by atoms with E-state index < -0.39 is 6.09 Å². The van der Waals surface area contributed by atoms with Crippen molar-refractivity contribution in [2.75, 3.05) is 5.32 Å². The summed E-state index contributed by atoms with van der Waals surface area (Å²) in [5.74, 6) is 0. The number of amides is 1. The lowest BCUT2D eigenvalue weighted by Gasteiger charge is -2.09. The number of halogens is 1. The lowest BCUT2D eigenvalue weighted by atomic mass is 10.1. The van der Waals surface area contributed by atoms with Gasteiger partial charge in [0.2, 0.25) is 0 Å². The minimum absolute atomic E-state index is 0.249. The molecule has 3 rings (SSSR count). The lowest BCUT2D eigenvalue weighted by Crippen LogP contribution is -2.13. The van der Waals surface area contributed by atoms with Gasteiger partial charge in [-0.3, -0.25) is 5.32 Å². The van der Waals surface area contributed by atoms with E-state index in [1.54, 1.807) is 0 Å². The molecule has 120 valence electrons. The van der Waals surface area contributed by atoms with Crippen LogP contribution in [0.1, 0.15) is 5.56 Å². The zero-order chi connectivity index (χ0) is 16.8. The zero-order valence-electron chi connectivity index (χ0n) is 12.9. The van der Waals surface area contributed by atoms with Crippen LogP contribution in [0.2, 0.25) is 0 Å². The van der Waals surface area contributed by atoms with Crippen LogP contribution in [0.15, 0.2) is 83.3 Å². The van der Waals surface area contributed by atoms with Crippen molar-refractivity contribution in [2.45, 2.75) is 6.61 Å². The third-order valence-electron chi connectivity index (χ3n) is 3.50. The number of anilines is 1. The SMILES string of the molecule is O=C(Nc1cccc(-c2ccc(Br)cc2)c1)OCc1ccccc1. The fourth-order valence-electron chi connectivity index (χ4n) is 2.30. The van der Waals surface area contributed by atoms with E-state index in [-0.39, 0.29) is 6.61 Å². The van der Waals surface area contributed by atoms with E-state index in [0.717, 1.165) is 21.2 Å². The molecule has 0 bridgehead atoms. The summed E-state index contributed by atoms with van der Waals surface area (Å²) in [7, 11) is 0. The summed E-state index contributed by atoms with van der Waals surface area (Å²) in [6, 6.07) is 25.3. The predicted molar refractivity (Wildman–Crippen MR) is 99.8 cm³/mol. The molecule has 1 amide bonds. The fourth-order valence-corrected chi connectivity index (χ4v) is 2.56. The first-order valence-electron chi connectivity index (χ1n) is 7.54. The van der Waals surface area contributed by atoms with E-state index in [1.807, 2.05) is 78.9 Å². The zero-order valence-corrected chi connectivity index (χ0v) is 14.5. The highest BCUT2D eigenvalue weighted by atomic mass is 79.9. The van der Waals surface area contributed by atoms with Crippen molar-refractivity contribution in [3.05, 3.63) is 88.9 Å². The molecule has 3 aromatic rings. The fraction of sp³-hybridized carbons (Fsp3) is 0.0500. The van der Waals surface area contributed by atoms with Crippen LogP contribution in [0.5, 0.6) is 0 Å². The largest absolute Gasteiger partial charge is 0.444 e. The summed E-state index contributed by atoms with van der Waals surface area (Å²) in [6.45, 7) is 0.249. The van der Waals surface area contributed by atoms with Crippen molar-refractivity contribution in [1.29, 1.82) is 0 Å². The van der Waals surface area contributed by atoms with Gasteiger partial charge >= 0.3 is 6.09 Å². The van der Waals surface area contributed by atoms with E-state index in [1.165, 1.54) is 0 Å². The number of hydrogen-bond acceptors (Lipinski definition) is 2. The van der Waals surface area contributed by atoms with Crippen LogP contribution >= 0.6 is 15.9 Å². The molecular weight excluding hydrogens is 366 g/mol. The molecule has 0 unspecified atom stereocenters. The first kappa shape index (κ1) is 16.3. The number of carbonyl (C=O) groups excluding carboxylic acids is 1. The van der Waals surface area contributed by atoms with Crippen molar-refractivity contribution >= 4 is 27.7 Å². The molecule has 0 saturated carbocycles. The van der Waals surface area contributed by atoms with E-state index in [0.29, 0.717) is 5.69 Å². The Morgan fingerprint density at radius 2 is 1.62 bits per heavy atom. The normalized spacial score (nSPS) is 10.2. The highest BCUT2D eigenvalue weighted by molar-refractivity contribution is 9.10. The average Bonchev–Trinajstić information content (AvgIpc) is 2.62. The second-order valence-corrected chi connectivity index (χ2v) is 6.19. The van der Waals surface area contributed by atoms with Crippen molar-refractivity contribution < 1.29 is 9.53 Å². The highest BCUT2D eigenvalue weighted by Gasteiger charge is 2.05. The summed E-state index contributed by atoms with van der Waals surface area (Å²) >= 11 is 3.43. The number of nitrogens with one attached hydrogen (secondary N) is 1. The molecule has 0 aromatic heterocycles. The monoisotopic (exact) mass is 381 g/mol. The van der Waals surface area contributed by atoms with Gasteiger partial charge in [-0.25, -0.2) is 4.79 Å². The van der Waals surface area contributed by atoms with Crippen molar-refractivity contribution in [1.82, 2.24) is 0 Å². The molecule has 1 N–H and O–H groups in total. The van der Waals surface area contributed by atoms with Gasteiger partial charge in [-0.05, 0) is 41.0 Å². The maximum Gasteiger partial charge on any atom is 0.411 e. The molecule has 0 radical (unpaired) electrons. The van der Waals surface area contributed by atoms with Crippen molar-refractivity contribution in [3.63, 3.8) is 0 Å². The molecule has 0 spiro atoms. The average molecular weight is 382 g/mol. The smallest absolute Gasteiger partial charge is 0.411 e. The first-order chi connectivity index (χ1) is 11.7. The molecule has 0 saturated heterocycles. The van der Waals surface area contributed by atoms with Gasteiger partial charge in [-0.2, -0.15) is 0 Å². The molecular formula is C20H16BrNO2. The number of hydrogen-bond donors (Lipinski definition) is 1. The molecule has 0 heterocycles. The molecule has 3 aromatic carbocycles. The van der Waals surface area contributed by atoms with E-state index in [4.69, 9.17) is 4.74 Å². The third kappa shape index (κ3) is 4.46. The van der Waals surface area contributed by atoms with Crippen LogP contribution in [-0.2, 0) is 11.3 Å². The summed E-state index contributed by atoms with van der Waals surface area (Å²) < 4.78 is 6.27. The van der Waals surface area contributed by atoms with Crippen LogP contribution in [-0.4, -0.2) is 6.09 Å². The Morgan fingerprint density at radius 3 is 2.38 bits per heavy atom. The van der Waals surface area contributed by atoms with Crippen LogP contribution < -0.4 is 5.32 Å². The Labute approximate surface area is 149 Å². The third-order valence-corrected chi connectivity index (χ3v) is 4.03. The Bertz CT molecular complexity index is 817. The quantitative estimate of drug-likeness (QED) is 0.613. The van der Waals surface area contributed by atoms with Gasteiger partial charge in [-0.1, -0.05) is 70.5 Å². The van der Waals surface area contributed by atoms with Gasteiger partial charge < -0.3 is 4.74 Å². The minimum Gasteiger partial charge on any atom is -0.444 e. The number of carbonyl (C=O) groups is 1. The second-order valence-electron chi connectivity index (χ2n) is 5.27. The van der Waals surface area contributed by atoms with Gasteiger partial charge in [0.05, 0.1) is 0 Å². The van der Waals surface area contributed by atoms with Crippen LogP contribution in [0, 0.1) is 0 Å². The molecule has 4 heteroatoms. The van der Waals surface area contributed by atoms with Crippen molar-refractivity contribution in [2.24, 2.45) is 0 Å². The van der Waals surface area contributed by atoms with Crippen LogP contribution in [0.3, 0.4) is 0 Å². The molecule has 0 aliphatic carbocycles.